The van der Waals surface area contributed by atoms with E-state index in [1.54, 1.807) is 0 Å². The molecule has 1 aromatic heterocycles. The highest BCUT2D eigenvalue weighted by atomic mass is 16.7. The van der Waals surface area contributed by atoms with Gasteiger partial charge in [-0.15, -0.1) is 0 Å². The molecule has 0 radical (unpaired) electrons. The van der Waals surface area contributed by atoms with E-state index in [4.69, 9.17) is 47.0 Å². The zero-order valence-electron chi connectivity index (χ0n) is 30.1. The van der Waals surface area contributed by atoms with Gasteiger partial charge in [0.15, 0.2) is 35.6 Å². The summed E-state index contributed by atoms with van der Waals surface area (Å²) in [7, 11) is 0. The zero-order chi connectivity index (χ0) is 40.2. The van der Waals surface area contributed by atoms with Crippen LogP contribution in [-0.4, -0.2) is 78.8 Å². The van der Waals surface area contributed by atoms with Gasteiger partial charge in [-0.1, -0.05) is 0 Å². The Labute approximate surface area is 304 Å². The van der Waals surface area contributed by atoms with Crippen LogP contribution in [-0.2, 0) is 62.0 Å². The van der Waals surface area contributed by atoms with Crippen molar-refractivity contribution in [3.63, 3.8) is 0 Å². The number of esters is 8. The van der Waals surface area contributed by atoms with E-state index in [2.05, 4.69) is 0 Å². The van der Waals surface area contributed by atoms with Crippen LogP contribution in [0.15, 0.2) is 27.4 Å². The number of hydrogen-bond donors (Lipinski definition) is 0. The molecule has 5 atom stereocenters. The van der Waals surface area contributed by atoms with Gasteiger partial charge in [0.25, 0.3) is 0 Å². The fourth-order valence-electron chi connectivity index (χ4n) is 5.67. The highest BCUT2D eigenvalue weighted by Crippen LogP contribution is 2.48. The average Bonchev–Trinajstić information content (AvgIpc) is 3.01. The topological polar surface area (TPSA) is 250 Å². The van der Waals surface area contributed by atoms with Crippen molar-refractivity contribution in [1.29, 1.82) is 0 Å². The van der Waals surface area contributed by atoms with E-state index in [-0.39, 0.29) is 28.1 Å². The van der Waals surface area contributed by atoms with Crippen molar-refractivity contribution in [2.45, 2.75) is 85.9 Å². The molecule has 0 amide bonds. The molecule has 4 rings (SSSR count). The van der Waals surface area contributed by atoms with Gasteiger partial charge in [0.2, 0.25) is 5.43 Å². The molecule has 19 heteroatoms. The maximum Gasteiger partial charge on any atom is 0.308 e. The largest absolute Gasteiger partial charge is 0.463 e. The van der Waals surface area contributed by atoms with Gasteiger partial charge in [-0.3, -0.25) is 43.2 Å². The molecule has 1 aliphatic rings. The monoisotopic (exact) mass is 758 g/mol. The van der Waals surface area contributed by atoms with Crippen LogP contribution in [0.25, 0.3) is 21.9 Å². The maximum absolute atomic E-state index is 14.4. The summed E-state index contributed by atoms with van der Waals surface area (Å²) in [5.74, 6) is -9.11. The lowest BCUT2D eigenvalue weighted by Crippen LogP contribution is -2.59. The second-order valence-corrected chi connectivity index (χ2v) is 11.7. The lowest BCUT2D eigenvalue weighted by molar-refractivity contribution is -0.254. The highest BCUT2D eigenvalue weighted by molar-refractivity contribution is 5.98. The van der Waals surface area contributed by atoms with Crippen LogP contribution in [0, 0.1) is 0 Å². The molecular weight excluding hydrogens is 724 g/mol. The second kappa shape index (κ2) is 16.5. The van der Waals surface area contributed by atoms with Gasteiger partial charge >= 0.3 is 47.8 Å². The molecule has 2 heterocycles. The van der Waals surface area contributed by atoms with Crippen molar-refractivity contribution in [2.75, 3.05) is 6.61 Å². The molecule has 0 aliphatic carbocycles. The Morgan fingerprint density at radius 3 is 1.56 bits per heavy atom. The summed E-state index contributed by atoms with van der Waals surface area (Å²) in [6, 6.07) is 3.16. The fraction of sp³-hybridized carbons (Fsp3) is 0.400. The first-order chi connectivity index (χ1) is 25.3. The molecule has 0 unspecified atom stereocenters. The molecule has 1 saturated heterocycles. The minimum atomic E-state index is -1.82. The zero-order valence-corrected chi connectivity index (χ0v) is 30.1. The maximum atomic E-state index is 14.4. The molecule has 2 aromatic carbocycles. The van der Waals surface area contributed by atoms with Crippen molar-refractivity contribution in [3.8, 4) is 23.0 Å². The molecular formula is C35H34O19. The molecule has 1 fully saturated rings. The third-order valence-electron chi connectivity index (χ3n) is 7.27. The highest BCUT2D eigenvalue weighted by Gasteiger charge is 2.54. The minimum Gasteiger partial charge on any atom is -0.463 e. The first-order valence-corrected chi connectivity index (χ1v) is 15.9. The van der Waals surface area contributed by atoms with Gasteiger partial charge < -0.3 is 47.0 Å². The van der Waals surface area contributed by atoms with Crippen LogP contribution in [0.3, 0.4) is 0 Å². The molecule has 0 bridgehead atoms. The summed E-state index contributed by atoms with van der Waals surface area (Å²) in [6.07, 6.45) is -8.46. The second-order valence-electron chi connectivity index (χ2n) is 11.7. The SMILES string of the molecule is CC(=O)OC[C@H]1O[C@@H](c2c(OC(C)=O)cc3oc4cc(OC(C)=O)c(OC(C)=O)cc4c(=O)c3c2OC(C)=O)[C@H](OC(C)=O)[C@@H](OC(C)=O)[C@H]1OC(C)=O. The number of hydrogen-bond acceptors (Lipinski definition) is 19. The minimum absolute atomic E-state index is 0.234. The van der Waals surface area contributed by atoms with Gasteiger partial charge in [-0.05, 0) is 6.07 Å². The first-order valence-electron chi connectivity index (χ1n) is 15.9. The standard InChI is InChI=1S/C35H34O19/c1-13(36)45-12-27-31(49-17(5)40)34(51-19(7)42)35(52-20(8)43)33(54-27)29-26(48-16(4)39)11-25-28(32(29)50-18(6)41)30(44)21-9-23(46-14(2)37)24(47-15(3)38)10-22(21)53-25/h9-11,27,31,33-35H,12H2,1-8H3/t27-,31+,33+,34+,35+/m1/s1. The molecule has 0 saturated carbocycles. The summed E-state index contributed by atoms with van der Waals surface area (Å²) in [6.45, 7) is 7.53. The molecule has 19 nitrogen and oxygen atoms in total. The Bertz CT molecular complexity index is 2130. The number of ether oxygens (including phenoxy) is 9. The number of benzene rings is 2. The number of carbonyl (C=O) groups excluding carboxylic acids is 8. The van der Waals surface area contributed by atoms with E-state index < -0.39 is 113 Å². The van der Waals surface area contributed by atoms with Gasteiger partial charge in [0.05, 0.1) is 10.9 Å². The van der Waals surface area contributed by atoms with Crippen molar-refractivity contribution in [1.82, 2.24) is 0 Å². The quantitative estimate of drug-likeness (QED) is 0.125. The van der Waals surface area contributed by atoms with Crippen molar-refractivity contribution >= 4 is 69.7 Å². The van der Waals surface area contributed by atoms with E-state index in [9.17, 15) is 43.2 Å². The lowest BCUT2D eigenvalue weighted by atomic mass is 9.88. The van der Waals surface area contributed by atoms with E-state index in [0.29, 0.717) is 0 Å². The Kier molecular flexibility index (Phi) is 12.4. The Morgan fingerprint density at radius 1 is 0.556 bits per heavy atom. The van der Waals surface area contributed by atoms with Crippen LogP contribution in [0.1, 0.15) is 67.1 Å². The summed E-state index contributed by atoms with van der Waals surface area (Å²) in [5.41, 5.74) is -1.99. The van der Waals surface area contributed by atoms with Gasteiger partial charge in [0.1, 0.15) is 41.1 Å². The van der Waals surface area contributed by atoms with Crippen molar-refractivity contribution < 1.29 is 85.4 Å². The average molecular weight is 759 g/mol. The summed E-state index contributed by atoms with van der Waals surface area (Å²) in [5, 5.41) is -0.791. The lowest BCUT2D eigenvalue weighted by Gasteiger charge is -2.45. The van der Waals surface area contributed by atoms with Crippen LogP contribution in [0.2, 0.25) is 0 Å². The van der Waals surface area contributed by atoms with Crippen molar-refractivity contribution in [2.24, 2.45) is 0 Å². The predicted molar refractivity (Wildman–Crippen MR) is 176 cm³/mol. The Balaban J connectivity index is 2.18. The van der Waals surface area contributed by atoms with E-state index in [1.165, 1.54) is 0 Å². The molecule has 0 spiro atoms. The molecule has 0 N–H and O–H groups in total. The van der Waals surface area contributed by atoms with Gasteiger partial charge in [-0.25, -0.2) is 0 Å². The molecule has 3 aromatic rings. The van der Waals surface area contributed by atoms with Gasteiger partial charge in [-0.2, -0.15) is 0 Å². The number of rotatable bonds is 10. The predicted octanol–water partition coefficient (Wildman–Crippen LogP) is 2.45. The summed E-state index contributed by atoms with van der Waals surface area (Å²) >= 11 is 0. The van der Waals surface area contributed by atoms with Crippen LogP contribution in [0.5, 0.6) is 23.0 Å². The normalized spacial score (nSPS) is 19.2. The van der Waals surface area contributed by atoms with Crippen LogP contribution in [0.4, 0.5) is 0 Å². The van der Waals surface area contributed by atoms with E-state index >= 15 is 0 Å². The van der Waals surface area contributed by atoms with E-state index in [1.807, 2.05) is 0 Å². The third kappa shape index (κ3) is 9.34. The third-order valence-corrected chi connectivity index (χ3v) is 7.27. The van der Waals surface area contributed by atoms with Crippen molar-refractivity contribution in [3.05, 3.63) is 34.0 Å². The van der Waals surface area contributed by atoms with E-state index in [0.717, 1.165) is 73.6 Å². The van der Waals surface area contributed by atoms with Crippen LogP contribution < -0.4 is 24.4 Å². The molecule has 54 heavy (non-hydrogen) atoms. The summed E-state index contributed by atoms with van der Waals surface area (Å²) in [4.78, 5) is 113. The molecule has 1 aliphatic heterocycles. The Morgan fingerprint density at radius 2 is 1.04 bits per heavy atom. The first kappa shape index (κ1) is 40.4. The van der Waals surface area contributed by atoms with Crippen LogP contribution >= 0.6 is 0 Å². The summed E-state index contributed by atoms with van der Waals surface area (Å²) < 4.78 is 55.3. The van der Waals surface area contributed by atoms with Gasteiger partial charge in [0, 0.05) is 67.5 Å². The number of carbonyl (C=O) groups is 8. The Hall–Kier alpha value is -6.37. The number of fused-ring (bicyclic) bond motifs is 2. The fourth-order valence-corrected chi connectivity index (χ4v) is 5.67. The molecule has 288 valence electrons. The smallest absolute Gasteiger partial charge is 0.308 e.